The van der Waals surface area contributed by atoms with Crippen molar-refractivity contribution in [2.24, 2.45) is 0 Å². The Hall–Kier alpha value is -0.120. The first kappa shape index (κ1) is 10.4. The van der Waals surface area contributed by atoms with Gasteiger partial charge in [-0.25, -0.2) is 0 Å². The minimum Gasteiger partial charge on any atom is -0.380 e. The van der Waals surface area contributed by atoms with Gasteiger partial charge in [0.2, 0.25) is 0 Å². The molecule has 2 aliphatic heterocycles. The topological polar surface area (TPSA) is 15.7 Å². The minimum atomic E-state index is 0.684. The van der Waals surface area contributed by atoms with Crippen LogP contribution in [0.2, 0.25) is 0 Å². The molecule has 0 aromatic rings. The van der Waals surface area contributed by atoms with Crippen molar-refractivity contribution in [1.82, 2.24) is 9.80 Å². The van der Waals surface area contributed by atoms with Gasteiger partial charge in [-0.3, -0.25) is 4.90 Å². The van der Waals surface area contributed by atoms with Crippen molar-refractivity contribution in [2.75, 3.05) is 40.4 Å². The summed E-state index contributed by atoms with van der Waals surface area (Å²) >= 11 is 0. The van der Waals surface area contributed by atoms with Crippen molar-refractivity contribution in [2.45, 2.75) is 31.3 Å². The van der Waals surface area contributed by atoms with Gasteiger partial charge in [0.25, 0.3) is 0 Å². The molecule has 0 aliphatic carbocycles. The average molecular weight is 198 g/mol. The van der Waals surface area contributed by atoms with Crippen molar-refractivity contribution in [1.29, 1.82) is 0 Å². The first-order valence-electron chi connectivity index (χ1n) is 5.75. The number of ether oxygens (including phenoxy) is 1. The van der Waals surface area contributed by atoms with E-state index in [2.05, 4.69) is 23.9 Å². The van der Waals surface area contributed by atoms with Gasteiger partial charge in [-0.1, -0.05) is 0 Å². The molecule has 2 fully saturated rings. The molecule has 82 valence electrons. The molecule has 0 bridgehead atoms. The van der Waals surface area contributed by atoms with Gasteiger partial charge in [0.05, 0.1) is 6.61 Å². The summed E-state index contributed by atoms with van der Waals surface area (Å²) in [6.45, 7) is 4.41. The SMILES string of the molecule is CN1CCC(N(C)[C@H]2CCOC2)CC1. The van der Waals surface area contributed by atoms with Crippen molar-refractivity contribution in [3.8, 4) is 0 Å². The molecule has 3 heteroatoms. The van der Waals surface area contributed by atoms with Crippen molar-refractivity contribution < 1.29 is 4.74 Å². The van der Waals surface area contributed by atoms with Gasteiger partial charge in [-0.05, 0) is 46.4 Å². The highest BCUT2D eigenvalue weighted by molar-refractivity contribution is 4.82. The maximum Gasteiger partial charge on any atom is 0.0622 e. The smallest absolute Gasteiger partial charge is 0.0622 e. The van der Waals surface area contributed by atoms with Crippen LogP contribution in [0.15, 0.2) is 0 Å². The second-order valence-electron chi connectivity index (χ2n) is 4.72. The number of nitrogens with zero attached hydrogens (tertiary/aromatic N) is 2. The van der Waals surface area contributed by atoms with Crippen LogP contribution in [0, 0.1) is 0 Å². The first-order chi connectivity index (χ1) is 6.77. The van der Waals surface area contributed by atoms with E-state index in [1.807, 2.05) is 0 Å². The maximum atomic E-state index is 5.44. The van der Waals surface area contributed by atoms with Crippen LogP contribution >= 0.6 is 0 Å². The van der Waals surface area contributed by atoms with E-state index in [0.717, 1.165) is 19.3 Å². The fourth-order valence-electron chi connectivity index (χ4n) is 2.54. The molecule has 2 rings (SSSR count). The summed E-state index contributed by atoms with van der Waals surface area (Å²) in [5.41, 5.74) is 0. The molecule has 0 saturated carbocycles. The predicted octanol–water partition coefficient (Wildman–Crippen LogP) is 0.801. The molecule has 0 N–H and O–H groups in total. The summed E-state index contributed by atoms with van der Waals surface area (Å²) in [6.07, 6.45) is 3.87. The van der Waals surface area contributed by atoms with Crippen LogP contribution in [0.25, 0.3) is 0 Å². The lowest BCUT2D eigenvalue weighted by Gasteiger charge is -2.37. The third-order valence-corrected chi connectivity index (χ3v) is 3.75. The standard InChI is InChI=1S/C11H22N2O/c1-12-6-3-10(4-7-12)13(2)11-5-8-14-9-11/h10-11H,3-9H2,1-2H3/t11-/m0/s1. The molecule has 3 nitrogen and oxygen atoms in total. The molecule has 0 aromatic carbocycles. The normalized spacial score (nSPS) is 31.5. The zero-order valence-electron chi connectivity index (χ0n) is 9.41. The fraction of sp³-hybridized carbons (Fsp3) is 1.00. The monoisotopic (exact) mass is 198 g/mol. The van der Waals surface area contributed by atoms with E-state index in [1.165, 1.54) is 32.4 Å². The van der Waals surface area contributed by atoms with E-state index in [4.69, 9.17) is 4.74 Å². The Morgan fingerprint density at radius 3 is 2.43 bits per heavy atom. The Morgan fingerprint density at radius 1 is 1.14 bits per heavy atom. The van der Waals surface area contributed by atoms with Crippen molar-refractivity contribution >= 4 is 0 Å². The Balaban J connectivity index is 1.82. The first-order valence-corrected chi connectivity index (χ1v) is 5.75. The van der Waals surface area contributed by atoms with Gasteiger partial charge >= 0.3 is 0 Å². The number of likely N-dealkylation sites (tertiary alicyclic amines) is 1. The largest absolute Gasteiger partial charge is 0.380 e. The summed E-state index contributed by atoms with van der Waals surface area (Å²) < 4.78 is 5.44. The van der Waals surface area contributed by atoms with Gasteiger partial charge < -0.3 is 9.64 Å². The van der Waals surface area contributed by atoms with Gasteiger partial charge in [-0.2, -0.15) is 0 Å². The Kier molecular flexibility index (Phi) is 3.42. The predicted molar refractivity (Wildman–Crippen MR) is 57.5 cm³/mol. The summed E-state index contributed by atoms with van der Waals surface area (Å²) in [5, 5.41) is 0. The Morgan fingerprint density at radius 2 is 1.86 bits per heavy atom. The highest BCUT2D eigenvalue weighted by atomic mass is 16.5. The van der Waals surface area contributed by atoms with E-state index in [-0.39, 0.29) is 0 Å². The molecule has 0 unspecified atom stereocenters. The number of hydrogen-bond acceptors (Lipinski definition) is 3. The van der Waals surface area contributed by atoms with Crippen molar-refractivity contribution in [3.63, 3.8) is 0 Å². The lowest BCUT2D eigenvalue weighted by molar-refractivity contribution is 0.0935. The summed E-state index contributed by atoms with van der Waals surface area (Å²) in [7, 11) is 4.49. The molecule has 0 aromatic heterocycles. The number of piperidine rings is 1. The Bertz CT molecular complexity index is 172. The minimum absolute atomic E-state index is 0.684. The highest BCUT2D eigenvalue weighted by Crippen LogP contribution is 2.20. The second-order valence-corrected chi connectivity index (χ2v) is 4.72. The van der Waals surface area contributed by atoms with E-state index < -0.39 is 0 Å². The van der Waals surface area contributed by atoms with Gasteiger partial charge in [0, 0.05) is 18.7 Å². The molecule has 0 radical (unpaired) electrons. The summed E-state index contributed by atoms with van der Waals surface area (Å²) in [6, 6.07) is 1.47. The van der Waals surface area contributed by atoms with Crippen LogP contribution in [0.5, 0.6) is 0 Å². The van der Waals surface area contributed by atoms with Crippen LogP contribution in [0.4, 0.5) is 0 Å². The van der Waals surface area contributed by atoms with E-state index in [0.29, 0.717) is 6.04 Å². The quantitative estimate of drug-likeness (QED) is 0.653. The molecule has 1 atom stereocenters. The molecular formula is C11H22N2O. The molecule has 0 amide bonds. The fourth-order valence-corrected chi connectivity index (χ4v) is 2.54. The third-order valence-electron chi connectivity index (χ3n) is 3.75. The third kappa shape index (κ3) is 2.27. The van der Waals surface area contributed by atoms with E-state index >= 15 is 0 Å². The highest BCUT2D eigenvalue weighted by Gasteiger charge is 2.27. The zero-order chi connectivity index (χ0) is 9.97. The molecule has 2 saturated heterocycles. The zero-order valence-corrected chi connectivity index (χ0v) is 9.41. The summed E-state index contributed by atoms with van der Waals surface area (Å²) in [4.78, 5) is 4.98. The van der Waals surface area contributed by atoms with Crippen LogP contribution in [0.1, 0.15) is 19.3 Å². The molecule has 2 heterocycles. The molecule has 0 spiro atoms. The van der Waals surface area contributed by atoms with Gasteiger partial charge in [0.1, 0.15) is 0 Å². The second kappa shape index (κ2) is 4.60. The Labute approximate surface area is 87.0 Å². The van der Waals surface area contributed by atoms with Gasteiger partial charge in [0.15, 0.2) is 0 Å². The van der Waals surface area contributed by atoms with E-state index in [9.17, 15) is 0 Å². The average Bonchev–Trinajstić information content (AvgIpc) is 2.71. The van der Waals surface area contributed by atoms with Crippen LogP contribution < -0.4 is 0 Å². The lowest BCUT2D eigenvalue weighted by Crippen LogP contribution is -2.46. The number of likely N-dealkylation sites (N-methyl/N-ethyl adjacent to an activating group) is 1. The molecule has 14 heavy (non-hydrogen) atoms. The molecular weight excluding hydrogens is 176 g/mol. The van der Waals surface area contributed by atoms with Crippen LogP contribution in [-0.2, 0) is 4.74 Å². The maximum absolute atomic E-state index is 5.44. The van der Waals surface area contributed by atoms with Gasteiger partial charge in [-0.15, -0.1) is 0 Å². The van der Waals surface area contributed by atoms with Crippen LogP contribution in [-0.4, -0.2) is 62.3 Å². The van der Waals surface area contributed by atoms with Crippen LogP contribution in [0.3, 0.4) is 0 Å². The number of hydrogen-bond donors (Lipinski definition) is 0. The summed E-state index contributed by atoms with van der Waals surface area (Å²) in [5.74, 6) is 0. The molecule has 2 aliphatic rings. The van der Waals surface area contributed by atoms with E-state index in [1.54, 1.807) is 0 Å². The number of rotatable bonds is 2. The van der Waals surface area contributed by atoms with Crippen molar-refractivity contribution in [3.05, 3.63) is 0 Å². The lowest BCUT2D eigenvalue weighted by atomic mass is 10.0.